The van der Waals surface area contributed by atoms with Gasteiger partial charge in [-0.1, -0.05) is 12.1 Å². The third-order valence-corrected chi connectivity index (χ3v) is 2.51. The molecule has 0 unspecified atom stereocenters. The van der Waals surface area contributed by atoms with Crippen LogP contribution in [0.4, 0.5) is 13.2 Å². The molecule has 0 heterocycles. The number of ether oxygens (including phenoxy) is 1. The van der Waals surface area contributed by atoms with Crippen LogP contribution in [0.5, 0.6) is 5.75 Å². The molecule has 2 aromatic rings. The van der Waals surface area contributed by atoms with Crippen LogP contribution in [0.1, 0.15) is 15.9 Å². The quantitative estimate of drug-likeness (QED) is 0.792. The highest BCUT2D eigenvalue weighted by Gasteiger charge is 2.10. The van der Waals surface area contributed by atoms with E-state index in [1.165, 1.54) is 24.3 Å². The first-order chi connectivity index (χ1) is 9.11. The number of hydrogen-bond donors (Lipinski definition) is 0. The predicted molar refractivity (Wildman–Crippen MR) is 62.5 cm³/mol. The van der Waals surface area contributed by atoms with Crippen molar-refractivity contribution in [2.24, 2.45) is 0 Å². The van der Waals surface area contributed by atoms with Crippen molar-refractivity contribution in [1.29, 1.82) is 0 Å². The van der Waals surface area contributed by atoms with Crippen molar-refractivity contribution in [3.63, 3.8) is 0 Å². The second kappa shape index (κ2) is 5.56. The molecule has 0 saturated carbocycles. The number of halogens is 3. The third kappa shape index (κ3) is 2.93. The van der Waals surface area contributed by atoms with Gasteiger partial charge < -0.3 is 4.74 Å². The Morgan fingerprint density at radius 2 is 1.84 bits per heavy atom. The summed E-state index contributed by atoms with van der Waals surface area (Å²) < 4.78 is 44.8. The molecule has 0 aliphatic rings. The maximum atomic E-state index is 13.5. The van der Waals surface area contributed by atoms with Crippen LogP contribution in [0.15, 0.2) is 36.4 Å². The molecule has 2 aromatic carbocycles. The second-order valence-corrected chi connectivity index (χ2v) is 3.81. The van der Waals surface area contributed by atoms with Crippen LogP contribution in [-0.2, 0) is 6.61 Å². The predicted octanol–water partition coefficient (Wildman–Crippen LogP) is 3.50. The SMILES string of the molecule is O=Cc1ccc(OCc2cccc(F)c2F)c(F)c1. The summed E-state index contributed by atoms with van der Waals surface area (Å²) in [6.45, 7) is -0.305. The zero-order chi connectivity index (χ0) is 13.8. The molecule has 0 radical (unpaired) electrons. The lowest BCUT2D eigenvalue weighted by Gasteiger charge is -2.08. The van der Waals surface area contributed by atoms with Crippen LogP contribution in [0.25, 0.3) is 0 Å². The van der Waals surface area contributed by atoms with E-state index in [0.717, 1.165) is 12.1 Å². The average molecular weight is 266 g/mol. The molecule has 2 rings (SSSR count). The Morgan fingerprint density at radius 1 is 1.05 bits per heavy atom. The highest BCUT2D eigenvalue weighted by atomic mass is 19.2. The minimum absolute atomic E-state index is 0.0149. The minimum atomic E-state index is -1.02. The number of rotatable bonds is 4. The molecule has 0 spiro atoms. The lowest BCUT2D eigenvalue weighted by Crippen LogP contribution is -2.01. The van der Waals surface area contributed by atoms with Crippen LogP contribution >= 0.6 is 0 Å². The van der Waals surface area contributed by atoms with Crippen LogP contribution in [0, 0.1) is 17.5 Å². The van der Waals surface area contributed by atoms with Crippen molar-refractivity contribution in [3.05, 3.63) is 65.0 Å². The van der Waals surface area contributed by atoms with Gasteiger partial charge in [-0.25, -0.2) is 13.2 Å². The van der Waals surface area contributed by atoms with E-state index in [9.17, 15) is 18.0 Å². The summed E-state index contributed by atoms with van der Waals surface area (Å²) in [5.41, 5.74) is 0.153. The standard InChI is InChI=1S/C14H9F3O2/c15-11-3-1-2-10(14(11)17)8-19-13-5-4-9(7-18)6-12(13)16/h1-7H,8H2. The molecule has 0 aliphatic heterocycles. The average Bonchev–Trinajstić information content (AvgIpc) is 2.41. The lowest BCUT2D eigenvalue weighted by molar-refractivity contribution is 0.112. The molecule has 2 nitrogen and oxygen atoms in total. The second-order valence-electron chi connectivity index (χ2n) is 3.81. The fraction of sp³-hybridized carbons (Fsp3) is 0.0714. The molecule has 0 fully saturated rings. The molecule has 0 amide bonds. The molecule has 0 bridgehead atoms. The van der Waals surface area contributed by atoms with E-state index in [4.69, 9.17) is 4.74 Å². The summed E-state index contributed by atoms with van der Waals surface area (Å²) >= 11 is 0. The maximum absolute atomic E-state index is 13.5. The van der Waals surface area contributed by atoms with E-state index < -0.39 is 17.5 Å². The van der Waals surface area contributed by atoms with E-state index in [1.54, 1.807) is 0 Å². The van der Waals surface area contributed by atoms with E-state index in [0.29, 0.717) is 6.29 Å². The molecule has 0 atom stereocenters. The first-order valence-corrected chi connectivity index (χ1v) is 5.42. The Labute approximate surface area is 107 Å². The Bertz CT molecular complexity index is 612. The number of aldehydes is 1. The molecule has 98 valence electrons. The van der Waals surface area contributed by atoms with Crippen LogP contribution in [0.2, 0.25) is 0 Å². The van der Waals surface area contributed by atoms with Gasteiger partial charge in [0.15, 0.2) is 23.2 Å². The maximum Gasteiger partial charge on any atom is 0.165 e. The fourth-order valence-electron chi connectivity index (χ4n) is 1.52. The van der Waals surface area contributed by atoms with Crippen LogP contribution in [-0.4, -0.2) is 6.29 Å². The number of carbonyl (C=O) groups is 1. The Hall–Kier alpha value is -2.30. The summed E-state index contributed by atoms with van der Waals surface area (Å²) in [5, 5.41) is 0. The van der Waals surface area contributed by atoms with Crippen LogP contribution in [0.3, 0.4) is 0 Å². The first kappa shape index (κ1) is 13.1. The molecule has 0 saturated heterocycles. The molecule has 0 N–H and O–H groups in total. The molecule has 19 heavy (non-hydrogen) atoms. The van der Waals surface area contributed by atoms with E-state index in [1.807, 2.05) is 0 Å². The smallest absolute Gasteiger partial charge is 0.165 e. The van der Waals surface area contributed by atoms with Gasteiger partial charge in [-0.15, -0.1) is 0 Å². The Kier molecular flexibility index (Phi) is 3.85. The first-order valence-electron chi connectivity index (χ1n) is 5.42. The van der Waals surface area contributed by atoms with E-state index in [-0.39, 0.29) is 23.5 Å². The zero-order valence-corrected chi connectivity index (χ0v) is 9.70. The van der Waals surface area contributed by atoms with E-state index in [2.05, 4.69) is 0 Å². The van der Waals surface area contributed by atoms with Crippen molar-refractivity contribution < 1.29 is 22.7 Å². The Morgan fingerprint density at radius 3 is 2.53 bits per heavy atom. The molecule has 5 heteroatoms. The largest absolute Gasteiger partial charge is 0.486 e. The van der Waals surface area contributed by atoms with Gasteiger partial charge in [0.25, 0.3) is 0 Å². The lowest BCUT2D eigenvalue weighted by atomic mass is 10.2. The van der Waals surface area contributed by atoms with Crippen molar-refractivity contribution in [3.8, 4) is 5.75 Å². The van der Waals surface area contributed by atoms with Gasteiger partial charge in [-0.05, 0) is 24.3 Å². The molecular weight excluding hydrogens is 257 g/mol. The van der Waals surface area contributed by atoms with Gasteiger partial charge in [0, 0.05) is 11.1 Å². The van der Waals surface area contributed by atoms with E-state index >= 15 is 0 Å². The van der Waals surface area contributed by atoms with Gasteiger partial charge in [0.05, 0.1) is 0 Å². The molecule has 0 aromatic heterocycles. The minimum Gasteiger partial charge on any atom is -0.486 e. The fourth-order valence-corrected chi connectivity index (χ4v) is 1.52. The van der Waals surface area contributed by atoms with Gasteiger partial charge in [0.1, 0.15) is 12.9 Å². The van der Waals surface area contributed by atoms with Crippen LogP contribution < -0.4 is 4.74 Å². The number of carbonyl (C=O) groups excluding carboxylic acids is 1. The van der Waals surface area contributed by atoms with Gasteiger partial charge in [-0.3, -0.25) is 4.79 Å². The molecule has 0 aliphatic carbocycles. The highest BCUT2D eigenvalue weighted by Crippen LogP contribution is 2.20. The normalized spacial score (nSPS) is 10.3. The van der Waals surface area contributed by atoms with Gasteiger partial charge >= 0.3 is 0 Å². The number of benzene rings is 2. The monoisotopic (exact) mass is 266 g/mol. The molecular formula is C14H9F3O2. The van der Waals surface area contributed by atoms with Crippen molar-refractivity contribution in [1.82, 2.24) is 0 Å². The summed E-state index contributed by atoms with van der Waals surface area (Å²) in [7, 11) is 0. The van der Waals surface area contributed by atoms with Crippen molar-refractivity contribution in [2.75, 3.05) is 0 Å². The summed E-state index contributed by atoms with van der Waals surface area (Å²) in [4.78, 5) is 10.4. The van der Waals surface area contributed by atoms with Gasteiger partial charge in [-0.2, -0.15) is 0 Å². The topological polar surface area (TPSA) is 26.3 Å². The van der Waals surface area contributed by atoms with Crippen molar-refractivity contribution >= 4 is 6.29 Å². The third-order valence-electron chi connectivity index (χ3n) is 2.51. The summed E-state index contributed by atoms with van der Waals surface area (Å²) in [5.74, 6) is -2.87. The zero-order valence-electron chi connectivity index (χ0n) is 9.70. The van der Waals surface area contributed by atoms with Crippen molar-refractivity contribution in [2.45, 2.75) is 6.61 Å². The van der Waals surface area contributed by atoms with Gasteiger partial charge in [0.2, 0.25) is 0 Å². The highest BCUT2D eigenvalue weighted by molar-refractivity contribution is 5.74. The summed E-state index contributed by atoms with van der Waals surface area (Å²) in [6.07, 6.45) is 0.499. The number of hydrogen-bond acceptors (Lipinski definition) is 2. The Balaban J connectivity index is 2.14. The summed E-state index contributed by atoms with van der Waals surface area (Å²) in [6, 6.07) is 7.30.